The number of nitrogens with one attached hydrogen (secondary N) is 1. The van der Waals surface area contributed by atoms with Crippen LogP contribution >= 0.6 is 15.9 Å². The van der Waals surface area contributed by atoms with Crippen LogP contribution in [0.4, 0.5) is 0 Å². The van der Waals surface area contributed by atoms with Gasteiger partial charge in [0.15, 0.2) is 0 Å². The fourth-order valence-corrected chi connectivity index (χ4v) is 2.74. The molecule has 0 radical (unpaired) electrons. The summed E-state index contributed by atoms with van der Waals surface area (Å²) in [6.45, 7) is 4.26. The molecule has 2 rings (SSSR count). The molecular formula is C14H17BrN2O2. The molecule has 1 aromatic carbocycles. The van der Waals surface area contributed by atoms with Crippen molar-refractivity contribution in [2.45, 2.75) is 32.4 Å². The summed E-state index contributed by atoms with van der Waals surface area (Å²) in [5.41, 5.74) is 1.09. The number of hydrogen-bond donors (Lipinski definition) is 1. The van der Waals surface area contributed by atoms with Crippen molar-refractivity contribution in [3.05, 3.63) is 34.3 Å². The minimum Gasteiger partial charge on any atom is -0.299 e. The number of carbonyl (C=O) groups is 2. The van der Waals surface area contributed by atoms with Gasteiger partial charge in [-0.1, -0.05) is 28.1 Å². The smallest absolute Gasteiger partial charge is 0.246 e. The summed E-state index contributed by atoms with van der Waals surface area (Å²) < 4.78 is 1.00. The molecule has 1 aromatic rings. The predicted octanol–water partition coefficient (Wildman–Crippen LogP) is 2.25. The SMILES string of the molecule is CCN1C(=O)CC(NC(C)c2cccc(Br)c2)C1=O. The topological polar surface area (TPSA) is 49.4 Å². The van der Waals surface area contributed by atoms with E-state index in [2.05, 4.69) is 21.2 Å². The number of imide groups is 1. The molecular weight excluding hydrogens is 308 g/mol. The molecule has 1 saturated heterocycles. The molecule has 1 aliphatic heterocycles. The van der Waals surface area contributed by atoms with Gasteiger partial charge in [0.25, 0.3) is 0 Å². The summed E-state index contributed by atoms with van der Waals surface area (Å²) in [5, 5.41) is 3.23. The Kier molecular flexibility index (Phi) is 4.37. The lowest BCUT2D eigenvalue weighted by molar-refractivity contribution is -0.138. The third-order valence-corrected chi connectivity index (χ3v) is 3.85. The Hall–Kier alpha value is -1.20. The van der Waals surface area contributed by atoms with Crippen LogP contribution in [0.1, 0.15) is 31.9 Å². The van der Waals surface area contributed by atoms with Crippen molar-refractivity contribution < 1.29 is 9.59 Å². The standard InChI is InChI=1S/C14H17BrN2O2/c1-3-17-13(18)8-12(14(17)19)16-9(2)10-5-4-6-11(15)7-10/h4-7,9,12,16H,3,8H2,1-2H3. The highest BCUT2D eigenvalue weighted by Crippen LogP contribution is 2.21. The molecule has 2 unspecified atom stereocenters. The lowest BCUT2D eigenvalue weighted by Crippen LogP contribution is -2.39. The van der Waals surface area contributed by atoms with Crippen LogP contribution in [0.15, 0.2) is 28.7 Å². The quantitative estimate of drug-likeness (QED) is 0.864. The molecule has 102 valence electrons. The maximum atomic E-state index is 12.0. The Balaban J connectivity index is 2.06. The first-order valence-electron chi connectivity index (χ1n) is 6.38. The van der Waals surface area contributed by atoms with E-state index in [0.29, 0.717) is 6.54 Å². The zero-order valence-electron chi connectivity index (χ0n) is 11.0. The van der Waals surface area contributed by atoms with E-state index < -0.39 is 6.04 Å². The number of likely N-dealkylation sites (N-methyl/N-ethyl adjacent to an activating group) is 1. The summed E-state index contributed by atoms with van der Waals surface area (Å²) in [6, 6.07) is 7.55. The van der Waals surface area contributed by atoms with E-state index in [1.807, 2.05) is 38.1 Å². The van der Waals surface area contributed by atoms with Crippen molar-refractivity contribution >= 4 is 27.7 Å². The average molecular weight is 325 g/mol. The van der Waals surface area contributed by atoms with E-state index in [0.717, 1.165) is 10.0 Å². The van der Waals surface area contributed by atoms with Gasteiger partial charge < -0.3 is 0 Å². The van der Waals surface area contributed by atoms with Gasteiger partial charge in [-0.3, -0.25) is 19.8 Å². The second-order valence-electron chi connectivity index (χ2n) is 4.68. The third-order valence-electron chi connectivity index (χ3n) is 3.36. The average Bonchev–Trinajstić information content (AvgIpc) is 2.64. The zero-order chi connectivity index (χ0) is 14.0. The van der Waals surface area contributed by atoms with E-state index in [9.17, 15) is 9.59 Å². The van der Waals surface area contributed by atoms with Gasteiger partial charge in [-0.25, -0.2) is 0 Å². The first kappa shape index (κ1) is 14.2. The van der Waals surface area contributed by atoms with Gasteiger partial charge in [-0.15, -0.1) is 0 Å². The van der Waals surface area contributed by atoms with Crippen LogP contribution in [-0.4, -0.2) is 29.3 Å². The molecule has 2 atom stereocenters. The molecule has 1 fully saturated rings. The van der Waals surface area contributed by atoms with Gasteiger partial charge in [0.2, 0.25) is 11.8 Å². The lowest BCUT2D eigenvalue weighted by Gasteiger charge is -2.19. The van der Waals surface area contributed by atoms with E-state index in [1.54, 1.807) is 0 Å². The first-order chi connectivity index (χ1) is 9.02. The Morgan fingerprint density at radius 3 is 2.79 bits per heavy atom. The summed E-state index contributed by atoms with van der Waals surface area (Å²) in [5.74, 6) is -0.208. The molecule has 0 aliphatic carbocycles. The Morgan fingerprint density at radius 2 is 2.21 bits per heavy atom. The highest BCUT2D eigenvalue weighted by Gasteiger charge is 2.37. The number of rotatable bonds is 4. The van der Waals surface area contributed by atoms with E-state index in [-0.39, 0.29) is 24.3 Å². The fourth-order valence-electron chi connectivity index (χ4n) is 2.32. The molecule has 1 N–H and O–H groups in total. The molecule has 2 amide bonds. The third kappa shape index (κ3) is 3.04. The number of amides is 2. The minimum absolute atomic E-state index is 0.0241. The largest absolute Gasteiger partial charge is 0.299 e. The van der Waals surface area contributed by atoms with Crippen LogP contribution in [-0.2, 0) is 9.59 Å². The first-order valence-corrected chi connectivity index (χ1v) is 7.18. The molecule has 1 heterocycles. The molecule has 5 heteroatoms. The van der Waals surface area contributed by atoms with Crippen molar-refractivity contribution in [1.82, 2.24) is 10.2 Å². The fraction of sp³-hybridized carbons (Fsp3) is 0.429. The number of nitrogens with zero attached hydrogens (tertiary/aromatic N) is 1. The number of likely N-dealkylation sites (tertiary alicyclic amines) is 1. The van der Waals surface area contributed by atoms with E-state index in [4.69, 9.17) is 0 Å². The van der Waals surface area contributed by atoms with E-state index >= 15 is 0 Å². The van der Waals surface area contributed by atoms with Crippen LogP contribution in [0.3, 0.4) is 0 Å². The maximum absolute atomic E-state index is 12.0. The van der Waals surface area contributed by atoms with Crippen molar-refractivity contribution in [1.29, 1.82) is 0 Å². The van der Waals surface area contributed by atoms with Crippen LogP contribution in [0, 0.1) is 0 Å². The summed E-state index contributed by atoms with van der Waals surface area (Å²) >= 11 is 3.43. The number of hydrogen-bond acceptors (Lipinski definition) is 3. The van der Waals surface area contributed by atoms with Crippen LogP contribution in [0.2, 0.25) is 0 Å². The molecule has 1 aliphatic rings. The highest BCUT2D eigenvalue weighted by molar-refractivity contribution is 9.10. The van der Waals surface area contributed by atoms with Crippen molar-refractivity contribution in [3.8, 4) is 0 Å². The van der Waals surface area contributed by atoms with Crippen LogP contribution < -0.4 is 5.32 Å². The number of halogens is 1. The summed E-state index contributed by atoms with van der Waals surface area (Å²) in [7, 11) is 0. The lowest BCUT2D eigenvalue weighted by atomic mass is 10.1. The highest BCUT2D eigenvalue weighted by atomic mass is 79.9. The normalized spacial score (nSPS) is 21.0. The Labute approximate surface area is 121 Å². The Morgan fingerprint density at radius 1 is 1.47 bits per heavy atom. The summed E-state index contributed by atoms with van der Waals surface area (Å²) in [4.78, 5) is 25.0. The molecule has 19 heavy (non-hydrogen) atoms. The summed E-state index contributed by atoms with van der Waals surface area (Å²) in [6.07, 6.45) is 0.255. The van der Waals surface area contributed by atoms with Gasteiger partial charge in [0.05, 0.1) is 12.5 Å². The van der Waals surface area contributed by atoms with Crippen molar-refractivity contribution in [2.24, 2.45) is 0 Å². The second kappa shape index (κ2) is 5.84. The van der Waals surface area contributed by atoms with Gasteiger partial charge >= 0.3 is 0 Å². The Bertz CT molecular complexity index is 504. The van der Waals surface area contributed by atoms with Gasteiger partial charge in [0.1, 0.15) is 0 Å². The minimum atomic E-state index is -0.401. The second-order valence-corrected chi connectivity index (χ2v) is 5.59. The zero-order valence-corrected chi connectivity index (χ0v) is 12.6. The van der Waals surface area contributed by atoms with E-state index in [1.165, 1.54) is 4.90 Å². The van der Waals surface area contributed by atoms with Crippen molar-refractivity contribution in [3.63, 3.8) is 0 Å². The van der Waals surface area contributed by atoms with Gasteiger partial charge in [-0.05, 0) is 31.5 Å². The maximum Gasteiger partial charge on any atom is 0.246 e. The molecule has 0 aromatic heterocycles. The molecule has 0 bridgehead atoms. The molecule has 4 nitrogen and oxygen atoms in total. The van der Waals surface area contributed by atoms with Gasteiger partial charge in [0, 0.05) is 17.1 Å². The molecule has 0 spiro atoms. The predicted molar refractivity (Wildman–Crippen MR) is 76.5 cm³/mol. The number of benzene rings is 1. The van der Waals surface area contributed by atoms with Crippen molar-refractivity contribution in [2.75, 3.05) is 6.54 Å². The number of carbonyl (C=O) groups excluding carboxylic acids is 2. The van der Waals surface area contributed by atoms with Crippen LogP contribution in [0.5, 0.6) is 0 Å². The molecule has 0 saturated carbocycles. The van der Waals surface area contributed by atoms with Crippen LogP contribution in [0.25, 0.3) is 0 Å². The monoisotopic (exact) mass is 324 g/mol. The van der Waals surface area contributed by atoms with Gasteiger partial charge in [-0.2, -0.15) is 0 Å².